The molecule has 0 unspecified atom stereocenters. The van der Waals surface area contributed by atoms with Crippen molar-refractivity contribution in [3.8, 4) is 33.6 Å². The minimum atomic E-state index is -4.52. The number of benzene rings is 1. The number of aryl methyl sites for hydroxylation is 1. The third kappa shape index (κ3) is 6.22. The Morgan fingerprint density at radius 3 is 2.26 bits per heavy atom. The largest absolute Gasteiger partial charge is 0.433 e. The lowest BCUT2D eigenvalue weighted by atomic mass is 9.98. The molecule has 11 heteroatoms. The zero-order valence-electron chi connectivity index (χ0n) is 18.3. The molecular formula is C24H19F3N6O2. The molecular weight excluding hydrogens is 461 g/mol. The van der Waals surface area contributed by atoms with Gasteiger partial charge in [-0.05, 0) is 53.9 Å². The summed E-state index contributed by atoms with van der Waals surface area (Å²) in [7, 11) is 0. The summed E-state index contributed by atoms with van der Waals surface area (Å²) in [6.07, 6.45) is 2.13. The molecule has 2 amide bonds. The highest BCUT2D eigenvalue weighted by Gasteiger charge is 2.32. The number of hydrogen-bond acceptors (Lipinski definition) is 6. The topological polar surface area (TPSA) is 124 Å². The standard InChI is InChI=1S/C23H16F3N5O.CH3NO/c1-14-2-3-15(16-4-6-28-21(9-16)23(24,25)26)8-18(14)20-12-27-11-19(31-20)17-5-7-29-22(10-17)30-13-32;2-1-3/h2-13H,1H3,(H,29,30,32);1H,(H2,2,3). The Balaban J connectivity index is 0.00000108. The van der Waals surface area contributed by atoms with Crippen molar-refractivity contribution in [2.24, 2.45) is 5.73 Å². The summed E-state index contributed by atoms with van der Waals surface area (Å²) in [5, 5.41) is 2.49. The van der Waals surface area contributed by atoms with Crippen LogP contribution in [-0.2, 0) is 15.8 Å². The lowest BCUT2D eigenvalue weighted by Gasteiger charge is -2.12. The van der Waals surface area contributed by atoms with Gasteiger partial charge >= 0.3 is 6.18 Å². The zero-order valence-corrected chi connectivity index (χ0v) is 18.3. The Kier molecular flexibility index (Phi) is 7.82. The van der Waals surface area contributed by atoms with E-state index in [1.807, 2.05) is 13.0 Å². The van der Waals surface area contributed by atoms with Crippen molar-refractivity contribution >= 4 is 18.6 Å². The third-order valence-corrected chi connectivity index (χ3v) is 4.79. The van der Waals surface area contributed by atoms with Crippen molar-refractivity contribution in [2.45, 2.75) is 13.1 Å². The van der Waals surface area contributed by atoms with E-state index in [-0.39, 0.29) is 6.41 Å². The number of rotatable bonds is 5. The first-order valence-corrected chi connectivity index (χ1v) is 10.1. The van der Waals surface area contributed by atoms with Crippen molar-refractivity contribution in [3.05, 3.63) is 78.5 Å². The smallest absolute Gasteiger partial charge is 0.372 e. The second-order valence-corrected chi connectivity index (χ2v) is 7.07. The molecule has 8 nitrogen and oxygen atoms in total. The quantitative estimate of drug-likeness (QED) is 0.411. The van der Waals surface area contributed by atoms with Crippen LogP contribution in [0.2, 0.25) is 0 Å². The molecule has 0 bridgehead atoms. The van der Waals surface area contributed by atoms with Gasteiger partial charge in [0.25, 0.3) is 0 Å². The van der Waals surface area contributed by atoms with Gasteiger partial charge in [-0.3, -0.25) is 19.6 Å². The van der Waals surface area contributed by atoms with E-state index in [0.717, 1.165) is 23.4 Å². The molecule has 1 aromatic carbocycles. The van der Waals surface area contributed by atoms with Gasteiger partial charge in [0, 0.05) is 23.5 Å². The second-order valence-electron chi connectivity index (χ2n) is 7.07. The van der Waals surface area contributed by atoms with Crippen LogP contribution in [0.3, 0.4) is 0 Å². The predicted octanol–water partition coefficient (Wildman–Crippen LogP) is 4.26. The van der Waals surface area contributed by atoms with Crippen LogP contribution in [0.15, 0.2) is 67.3 Å². The molecule has 0 aliphatic heterocycles. The number of amides is 2. The molecule has 4 aromatic rings. The highest BCUT2D eigenvalue weighted by molar-refractivity contribution is 5.76. The number of primary amides is 1. The molecule has 178 valence electrons. The van der Waals surface area contributed by atoms with E-state index in [2.05, 4.69) is 31.0 Å². The van der Waals surface area contributed by atoms with Crippen LogP contribution < -0.4 is 11.1 Å². The summed E-state index contributed by atoms with van der Waals surface area (Å²) in [5.41, 5.74) is 7.68. The Morgan fingerprint density at radius 1 is 0.886 bits per heavy atom. The molecule has 3 heterocycles. The Bertz CT molecular complexity index is 1340. The highest BCUT2D eigenvalue weighted by Crippen LogP contribution is 2.33. The van der Waals surface area contributed by atoms with E-state index in [1.54, 1.807) is 42.9 Å². The summed E-state index contributed by atoms with van der Waals surface area (Å²) in [5.74, 6) is 0.376. The summed E-state index contributed by atoms with van der Waals surface area (Å²) >= 11 is 0. The number of carbonyl (C=O) groups is 2. The molecule has 0 aliphatic rings. The van der Waals surface area contributed by atoms with E-state index in [4.69, 9.17) is 4.79 Å². The fourth-order valence-electron chi connectivity index (χ4n) is 3.21. The lowest BCUT2D eigenvalue weighted by molar-refractivity contribution is -0.141. The maximum absolute atomic E-state index is 13.1. The lowest BCUT2D eigenvalue weighted by Crippen LogP contribution is -2.07. The van der Waals surface area contributed by atoms with Crippen LogP contribution >= 0.6 is 0 Å². The van der Waals surface area contributed by atoms with Gasteiger partial charge in [0.15, 0.2) is 0 Å². The van der Waals surface area contributed by atoms with Crippen molar-refractivity contribution < 1.29 is 22.8 Å². The van der Waals surface area contributed by atoms with Crippen LogP contribution in [0, 0.1) is 6.92 Å². The molecule has 0 spiro atoms. The first-order valence-electron chi connectivity index (χ1n) is 10.1. The zero-order chi connectivity index (χ0) is 25.4. The molecule has 0 saturated heterocycles. The molecule has 3 aromatic heterocycles. The predicted molar refractivity (Wildman–Crippen MR) is 124 cm³/mol. The van der Waals surface area contributed by atoms with E-state index >= 15 is 0 Å². The minimum Gasteiger partial charge on any atom is -0.372 e. The number of hydrogen-bond donors (Lipinski definition) is 2. The summed E-state index contributed by atoms with van der Waals surface area (Å²) in [6, 6.07) is 11.3. The van der Waals surface area contributed by atoms with Gasteiger partial charge in [0.05, 0.1) is 23.8 Å². The van der Waals surface area contributed by atoms with Crippen molar-refractivity contribution in [2.75, 3.05) is 5.32 Å². The molecule has 3 N–H and O–H groups in total. The van der Waals surface area contributed by atoms with E-state index < -0.39 is 11.9 Å². The van der Waals surface area contributed by atoms with Crippen LogP contribution in [0.25, 0.3) is 33.6 Å². The van der Waals surface area contributed by atoms with Crippen LogP contribution in [-0.4, -0.2) is 32.8 Å². The molecule has 0 atom stereocenters. The van der Waals surface area contributed by atoms with Crippen LogP contribution in [0.4, 0.5) is 19.0 Å². The van der Waals surface area contributed by atoms with Gasteiger partial charge in [-0.15, -0.1) is 0 Å². The van der Waals surface area contributed by atoms with Crippen molar-refractivity contribution in [1.82, 2.24) is 19.9 Å². The van der Waals surface area contributed by atoms with Gasteiger partial charge < -0.3 is 11.1 Å². The number of aromatic nitrogens is 4. The Hall–Kier alpha value is -4.67. The van der Waals surface area contributed by atoms with E-state index in [0.29, 0.717) is 40.3 Å². The fourth-order valence-corrected chi connectivity index (χ4v) is 3.21. The first kappa shape index (κ1) is 25.0. The second kappa shape index (κ2) is 11.0. The molecule has 0 aliphatic carbocycles. The molecule has 0 radical (unpaired) electrons. The number of halogens is 3. The Morgan fingerprint density at radius 2 is 1.54 bits per heavy atom. The minimum absolute atomic E-state index is 0.250. The van der Waals surface area contributed by atoms with Crippen molar-refractivity contribution in [3.63, 3.8) is 0 Å². The normalized spacial score (nSPS) is 10.6. The third-order valence-electron chi connectivity index (χ3n) is 4.79. The molecule has 0 saturated carbocycles. The maximum atomic E-state index is 13.1. The van der Waals surface area contributed by atoms with Gasteiger partial charge in [-0.2, -0.15) is 13.2 Å². The van der Waals surface area contributed by atoms with Crippen molar-refractivity contribution in [1.29, 1.82) is 0 Å². The van der Waals surface area contributed by atoms with Crippen LogP contribution in [0.5, 0.6) is 0 Å². The SMILES string of the molecule is Cc1ccc(-c2ccnc(C(F)(F)F)c2)cc1-c1cncc(-c2ccnc(NC=O)c2)n1.NC=O. The van der Waals surface area contributed by atoms with E-state index in [1.165, 1.54) is 6.07 Å². The number of carbonyl (C=O) groups excluding carboxylic acids is 2. The average Bonchev–Trinajstić information content (AvgIpc) is 2.85. The van der Waals surface area contributed by atoms with Crippen LogP contribution in [0.1, 0.15) is 11.3 Å². The number of nitrogens with zero attached hydrogens (tertiary/aromatic N) is 4. The maximum Gasteiger partial charge on any atom is 0.433 e. The van der Waals surface area contributed by atoms with Gasteiger partial charge in [0.2, 0.25) is 12.8 Å². The number of pyridine rings is 2. The number of alkyl halides is 3. The van der Waals surface area contributed by atoms with Gasteiger partial charge in [-0.25, -0.2) is 9.97 Å². The monoisotopic (exact) mass is 480 g/mol. The summed E-state index contributed by atoms with van der Waals surface area (Å²) in [6.45, 7) is 1.89. The first-order chi connectivity index (χ1) is 16.8. The van der Waals surface area contributed by atoms with Gasteiger partial charge in [-0.1, -0.05) is 12.1 Å². The Labute approximate surface area is 198 Å². The summed E-state index contributed by atoms with van der Waals surface area (Å²) < 4.78 is 39.2. The summed E-state index contributed by atoms with van der Waals surface area (Å²) in [4.78, 5) is 35.7. The number of nitrogens with two attached hydrogens (primary N) is 1. The van der Waals surface area contributed by atoms with E-state index in [9.17, 15) is 18.0 Å². The fraction of sp³-hybridized carbons (Fsp3) is 0.0833. The van der Waals surface area contributed by atoms with Gasteiger partial charge in [0.1, 0.15) is 11.5 Å². The number of anilines is 1. The highest BCUT2D eigenvalue weighted by atomic mass is 19.4. The molecule has 0 fully saturated rings. The number of nitrogens with one attached hydrogen (secondary N) is 1. The molecule has 4 rings (SSSR count). The average molecular weight is 480 g/mol. The molecule has 35 heavy (non-hydrogen) atoms.